The maximum Gasteiger partial charge on any atom is 0.254 e. The molecule has 1 aromatic rings. The Bertz CT molecular complexity index is 482. The van der Waals surface area contributed by atoms with Gasteiger partial charge in [0.1, 0.15) is 0 Å². The molecule has 0 bridgehead atoms. The summed E-state index contributed by atoms with van der Waals surface area (Å²) in [6.07, 6.45) is 0.981. The van der Waals surface area contributed by atoms with Crippen LogP contribution in [0.4, 0.5) is 5.69 Å². The smallest absolute Gasteiger partial charge is 0.254 e. The first-order valence-electron chi connectivity index (χ1n) is 6.10. The van der Waals surface area contributed by atoms with Gasteiger partial charge in [-0.1, -0.05) is 23.2 Å². The van der Waals surface area contributed by atoms with Crippen molar-refractivity contribution in [2.24, 2.45) is 0 Å². The third-order valence-corrected chi connectivity index (χ3v) is 4.13. The van der Waals surface area contributed by atoms with E-state index in [0.717, 1.165) is 19.5 Å². The molecule has 4 nitrogen and oxygen atoms in total. The molecule has 1 amide bonds. The summed E-state index contributed by atoms with van der Waals surface area (Å²) in [5, 5.41) is 0.637. The monoisotopic (exact) mass is 301 g/mol. The molecule has 104 valence electrons. The standard InChI is InChI=1S/C13H17Cl2N3O/c1-17(2)9-3-4-18(7-9)13(19)8-5-10(14)12(16)11(15)6-8/h5-6,9H,3-4,7,16H2,1-2H3. The van der Waals surface area contributed by atoms with E-state index in [4.69, 9.17) is 28.9 Å². The summed E-state index contributed by atoms with van der Waals surface area (Å²) in [5.74, 6) is -0.0480. The van der Waals surface area contributed by atoms with Gasteiger partial charge in [0.05, 0.1) is 15.7 Å². The predicted molar refractivity (Wildman–Crippen MR) is 78.9 cm³/mol. The minimum Gasteiger partial charge on any atom is -0.396 e. The van der Waals surface area contributed by atoms with Crippen molar-refractivity contribution in [2.45, 2.75) is 12.5 Å². The molecule has 0 radical (unpaired) electrons. The number of anilines is 1. The number of likely N-dealkylation sites (tertiary alicyclic amines) is 1. The van der Waals surface area contributed by atoms with Crippen molar-refractivity contribution in [2.75, 3.05) is 32.9 Å². The van der Waals surface area contributed by atoms with Crippen LogP contribution in [0.2, 0.25) is 10.0 Å². The molecule has 19 heavy (non-hydrogen) atoms. The number of hydrogen-bond acceptors (Lipinski definition) is 3. The highest BCUT2D eigenvalue weighted by Gasteiger charge is 2.28. The number of carbonyl (C=O) groups is 1. The first-order chi connectivity index (χ1) is 8.90. The van der Waals surface area contributed by atoms with E-state index < -0.39 is 0 Å². The lowest BCUT2D eigenvalue weighted by Gasteiger charge is -2.20. The topological polar surface area (TPSA) is 49.6 Å². The van der Waals surface area contributed by atoms with E-state index in [9.17, 15) is 4.79 Å². The van der Waals surface area contributed by atoms with Crippen molar-refractivity contribution >= 4 is 34.8 Å². The van der Waals surface area contributed by atoms with Gasteiger partial charge in [-0.2, -0.15) is 0 Å². The third kappa shape index (κ3) is 2.96. The highest BCUT2D eigenvalue weighted by Crippen LogP contribution is 2.29. The van der Waals surface area contributed by atoms with E-state index in [2.05, 4.69) is 4.90 Å². The summed E-state index contributed by atoms with van der Waals surface area (Å²) in [7, 11) is 4.05. The Balaban J connectivity index is 2.17. The van der Waals surface area contributed by atoms with Crippen LogP contribution in [0.1, 0.15) is 16.8 Å². The molecule has 2 rings (SSSR count). The van der Waals surface area contributed by atoms with Gasteiger partial charge in [-0.3, -0.25) is 4.79 Å². The number of nitrogens with two attached hydrogens (primary N) is 1. The molecule has 1 unspecified atom stereocenters. The van der Waals surface area contributed by atoms with E-state index in [1.54, 1.807) is 12.1 Å². The van der Waals surface area contributed by atoms with Crippen LogP contribution in [0.15, 0.2) is 12.1 Å². The highest BCUT2D eigenvalue weighted by atomic mass is 35.5. The predicted octanol–water partition coefficient (Wildman–Crippen LogP) is 2.35. The van der Waals surface area contributed by atoms with Crippen LogP contribution >= 0.6 is 23.2 Å². The summed E-state index contributed by atoms with van der Waals surface area (Å²) in [4.78, 5) is 16.3. The van der Waals surface area contributed by atoms with Crippen LogP contribution in [0.3, 0.4) is 0 Å². The fourth-order valence-corrected chi connectivity index (χ4v) is 2.73. The Morgan fingerprint density at radius 2 is 1.95 bits per heavy atom. The van der Waals surface area contributed by atoms with Gasteiger partial charge in [0, 0.05) is 24.7 Å². The average Bonchev–Trinajstić information content (AvgIpc) is 2.84. The normalized spacial score (nSPS) is 19.2. The number of hydrogen-bond donors (Lipinski definition) is 1. The molecule has 0 spiro atoms. The van der Waals surface area contributed by atoms with E-state index in [-0.39, 0.29) is 5.91 Å². The Labute approximate surface area is 123 Å². The number of rotatable bonds is 2. The Kier molecular flexibility index (Phi) is 4.23. The van der Waals surface area contributed by atoms with Gasteiger partial charge in [-0.15, -0.1) is 0 Å². The van der Waals surface area contributed by atoms with E-state index in [1.165, 1.54) is 0 Å². The van der Waals surface area contributed by atoms with Crippen LogP contribution in [0, 0.1) is 0 Å². The lowest BCUT2D eigenvalue weighted by molar-refractivity contribution is 0.0783. The first-order valence-corrected chi connectivity index (χ1v) is 6.86. The second kappa shape index (κ2) is 5.57. The minimum absolute atomic E-state index is 0.0480. The number of amides is 1. The minimum atomic E-state index is -0.0480. The fourth-order valence-electron chi connectivity index (χ4n) is 2.24. The molecular weight excluding hydrogens is 285 g/mol. The number of likely N-dealkylation sites (N-methyl/N-ethyl adjacent to an activating group) is 1. The van der Waals surface area contributed by atoms with Gasteiger partial charge in [-0.25, -0.2) is 0 Å². The molecule has 6 heteroatoms. The molecule has 1 saturated heterocycles. The largest absolute Gasteiger partial charge is 0.396 e. The van der Waals surface area contributed by atoms with Crippen molar-refractivity contribution in [3.05, 3.63) is 27.7 Å². The van der Waals surface area contributed by atoms with E-state index >= 15 is 0 Å². The number of carbonyl (C=O) groups excluding carboxylic acids is 1. The summed E-state index contributed by atoms with van der Waals surface area (Å²) in [5.41, 5.74) is 6.47. The molecule has 1 aromatic carbocycles. The number of halogens is 2. The van der Waals surface area contributed by atoms with Crippen molar-refractivity contribution < 1.29 is 4.79 Å². The van der Waals surface area contributed by atoms with Crippen LogP contribution in [0.25, 0.3) is 0 Å². The fraction of sp³-hybridized carbons (Fsp3) is 0.462. The first kappa shape index (κ1) is 14.4. The zero-order valence-electron chi connectivity index (χ0n) is 11.0. The van der Waals surface area contributed by atoms with Gasteiger partial charge in [0.25, 0.3) is 5.91 Å². The second-order valence-electron chi connectivity index (χ2n) is 5.01. The molecule has 2 N–H and O–H groups in total. The van der Waals surface area contributed by atoms with Gasteiger partial charge in [-0.05, 0) is 32.6 Å². The Hall–Kier alpha value is -0.970. The maximum absolute atomic E-state index is 12.4. The molecule has 1 aliphatic heterocycles. The van der Waals surface area contributed by atoms with Gasteiger partial charge < -0.3 is 15.5 Å². The maximum atomic E-state index is 12.4. The van der Waals surface area contributed by atoms with Crippen molar-refractivity contribution in [3.63, 3.8) is 0 Å². The quantitative estimate of drug-likeness (QED) is 0.853. The zero-order valence-corrected chi connectivity index (χ0v) is 12.5. The number of nitrogens with zero attached hydrogens (tertiary/aromatic N) is 2. The molecule has 1 fully saturated rings. The third-order valence-electron chi connectivity index (χ3n) is 3.51. The molecule has 0 saturated carbocycles. The van der Waals surface area contributed by atoms with Crippen molar-refractivity contribution in [3.8, 4) is 0 Å². The second-order valence-corrected chi connectivity index (χ2v) is 5.83. The van der Waals surface area contributed by atoms with Crippen LogP contribution in [-0.4, -0.2) is 48.9 Å². The van der Waals surface area contributed by atoms with Crippen LogP contribution in [-0.2, 0) is 0 Å². The summed E-state index contributed by atoms with van der Waals surface area (Å²) in [6.45, 7) is 1.48. The van der Waals surface area contributed by atoms with Crippen LogP contribution in [0.5, 0.6) is 0 Å². The molecule has 1 heterocycles. The summed E-state index contributed by atoms with van der Waals surface area (Å²) in [6, 6.07) is 3.56. The molecule has 1 aliphatic rings. The van der Waals surface area contributed by atoms with Crippen LogP contribution < -0.4 is 5.73 Å². The molecular formula is C13H17Cl2N3O. The average molecular weight is 302 g/mol. The van der Waals surface area contributed by atoms with Crippen molar-refractivity contribution in [1.29, 1.82) is 0 Å². The van der Waals surface area contributed by atoms with Gasteiger partial charge >= 0.3 is 0 Å². The SMILES string of the molecule is CN(C)C1CCN(C(=O)c2cc(Cl)c(N)c(Cl)c2)C1. The summed E-state index contributed by atoms with van der Waals surface area (Å²) < 4.78 is 0. The Morgan fingerprint density at radius 3 is 2.42 bits per heavy atom. The zero-order chi connectivity index (χ0) is 14.2. The lowest BCUT2D eigenvalue weighted by Crippen LogP contribution is -2.34. The molecule has 0 aliphatic carbocycles. The van der Waals surface area contributed by atoms with E-state index in [1.807, 2.05) is 19.0 Å². The molecule has 0 aromatic heterocycles. The highest BCUT2D eigenvalue weighted by molar-refractivity contribution is 6.39. The van der Waals surface area contributed by atoms with E-state index in [0.29, 0.717) is 27.3 Å². The summed E-state index contributed by atoms with van der Waals surface area (Å²) >= 11 is 11.9. The number of nitrogen functional groups attached to an aromatic ring is 1. The van der Waals surface area contributed by atoms with Crippen molar-refractivity contribution in [1.82, 2.24) is 9.80 Å². The molecule has 1 atom stereocenters. The van der Waals surface area contributed by atoms with Gasteiger partial charge in [0.2, 0.25) is 0 Å². The lowest BCUT2D eigenvalue weighted by atomic mass is 10.2. The number of benzene rings is 1. The van der Waals surface area contributed by atoms with Gasteiger partial charge in [0.15, 0.2) is 0 Å². The Morgan fingerprint density at radius 1 is 1.37 bits per heavy atom.